The first kappa shape index (κ1) is 16.0. The van der Waals surface area contributed by atoms with E-state index in [0.29, 0.717) is 37.1 Å². The van der Waals surface area contributed by atoms with Crippen LogP contribution in [0.4, 0.5) is 5.69 Å². The van der Waals surface area contributed by atoms with Gasteiger partial charge in [-0.1, -0.05) is 0 Å². The second-order valence-corrected chi connectivity index (χ2v) is 5.91. The summed E-state index contributed by atoms with van der Waals surface area (Å²) in [5.74, 6) is 0.717. The lowest BCUT2D eigenvalue weighted by Crippen LogP contribution is -2.17. The molecule has 6 nitrogen and oxygen atoms in total. The molecule has 0 amide bonds. The van der Waals surface area contributed by atoms with E-state index in [4.69, 9.17) is 21.1 Å². The van der Waals surface area contributed by atoms with Crippen LogP contribution in [0.5, 0.6) is 5.88 Å². The summed E-state index contributed by atoms with van der Waals surface area (Å²) in [6.45, 7) is 0.860. The predicted molar refractivity (Wildman–Crippen MR) is 74.4 cm³/mol. The van der Waals surface area contributed by atoms with Crippen molar-refractivity contribution in [1.82, 2.24) is 4.98 Å². The summed E-state index contributed by atoms with van der Waals surface area (Å²) < 4.78 is 35.7. The molecule has 0 atom stereocenters. The summed E-state index contributed by atoms with van der Waals surface area (Å²) in [7, 11) is -1.79. The molecule has 0 saturated carbocycles. The Balaban J connectivity index is 2.52. The van der Waals surface area contributed by atoms with Gasteiger partial charge in [-0.25, -0.2) is 13.4 Å². The van der Waals surface area contributed by atoms with Gasteiger partial charge in [-0.05, 0) is 12.5 Å². The summed E-state index contributed by atoms with van der Waals surface area (Å²) in [4.78, 5) is 3.98. The number of alkyl halides is 1. The van der Waals surface area contributed by atoms with Crippen LogP contribution in [0.25, 0.3) is 0 Å². The lowest BCUT2D eigenvalue weighted by molar-refractivity contribution is 0.144. The fraction of sp³-hybridized carbons (Fsp3) is 0.545. The molecule has 0 bridgehead atoms. The molecule has 0 fully saturated rings. The Morgan fingerprint density at radius 2 is 2.16 bits per heavy atom. The first-order chi connectivity index (χ1) is 9.07. The van der Waals surface area contributed by atoms with Gasteiger partial charge < -0.3 is 9.47 Å². The predicted octanol–water partition coefficient (Wildman–Crippen LogP) is 1.48. The van der Waals surface area contributed by atoms with Crippen molar-refractivity contribution in [2.45, 2.75) is 6.42 Å². The van der Waals surface area contributed by atoms with Crippen LogP contribution in [0.2, 0.25) is 0 Å². The van der Waals surface area contributed by atoms with Crippen LogP contribution < -0.4 is 9.46 Å². The largest absolute Gasteiger partial charge is 0.475 e. The summed E-state index contributed by atoms with van der Waals surface area (Å²) in [5.41, 5.74) is 0.397. The Labute approximate surface area is 118 Å². The number of hydrogen-bond donors (Lipinski definition) is 1. The van der Waals surface area contributed by atoms with E-state index in [1.165, 1.54) is 6.20 Å². The highest BCUT2D eigenvalue weighted by molar-refractivity contribution is 7.92. The number of methoxy groups -OCH3 is 1. The van der Waals surface area contributed by atoms with Crippen LogP contribution in [0, 0.1) is 0 Å². The minimum absolute atomic E-state index is 0.0113. The van der Waals surface area contributed by atoms with Gasteiger partial charge in [0.25, 0.3) is 0 Å². The van der Waals surface area contributed by atoms with Crippen molar-refractivity contribution in [2.75, 3.05) is 36.7 Å². The molecule has 1 heterocycles. The van der Waals surface area contributed by atoms with Crippen LogP contribution in [0.1, 0.15) is 6.42 Å². The van der Waals surface area contributed by atoms with E-state index in [2.05, 4.69) is 9.71 Å². The minimum atomic E-state index is -3.37. The lowest BCUT2D eigenvalue weighted by Gasteiger charge is -2.08. The molecule has 108 valence electrons. The number of pyridine rings is 1. The van der Waals surface area contributed by atoms with Crippen molar-refractivity contribution in [3.63, 3.8) is 0 Å². The van der Waals surface area contributed by atoms with Gasteiger partial charge in [0.2, 0.25) is 15.9 Å². The zero-order chi connectivity index (χ0) is 14.1. The monoisotopic (exact) mass is 308 g/mol. The number of nitrogens with zero attached hydrogens (tertiary/aromatic N) is 1. The number of ether oxygens (including phenoxy) is 2. The van der Waals surface area contributed by atoms with E-state index in [1.807, 2.05) is 0 Å². The third-order valence-electron chi connectivity index (χ3n) is 2.09. The zero-order valence-corrected chi connectivity index (χ0v) is 12.2. The van der Waals surface area contributed by atoms with Crippen LogP contribution in [-0.4, -0.2) is 45.4 Å². The molecule has 8 heteroatoms. The van der Waals surface area contributed by atoms with E-state index in [1.54, 1.807) is 19.2 Å². The van der Waals surface area contributed by atoms with Crippen molar-refractivity contribution in [3.8, 4) is 5.88 Å². The summed E-state index contributed by atoms with van der Waals surface area (Å²) in [6.07, 6.45) is 1.81. The highest BCUT2D eigenvalue weighted by Gasteiger charge is 2.09. The first-order valence-corrected chi connectivity index (χ1v) is 7.90. The van der Waals surface area contributed by atoms with Crippen molar-refractivity contribution in [2.24, 2.45) is 0 Å². The van der Waals surface area contributed by atoms with Crippen molar-refractivity contribution in [1.29, 1.82) is 0 Å². The standard InChI is InChI=1S/C11H17ClN2O4S/c1-17-6-7-18-11-4-3-10(9-13-11)14-19(15,16)8-2-5-12/h3-4,9,14H,2,5-8H2,1H3. The number of aromatic nitrogens is 1. The van der Waals surface area contributed by atoms with Crippen LogP contribution in [-0.2, 0) is 14.8 Å². The Morgan fingerprint density at radius 3 is 2.74 bits per heavy atom. The molecule has 0 spiro atoms. The maximum Gasteiger partial charge on any atom is 0.232 e. The van der Waals surface area contributed by atoms with Gasteiger partial charge in [0, 0.05) is 19.1 Å². The van der Waals surface area contributed by atoms with Gasteiger partial charge in [0.1, 0.15) is 6.61 Å². The van der Waals surface area contributed by atoms with Crippen molar-refractivity contribution in [3.05, 3.63) is 18.3 Å². The fourth-order valence-electron chi connectivity index (χ4n) is 1.23. The number of halogens is 1. The molecule has 0 aromatic carbocycles. The first-order valence-electron chi connectivity index (χ1n) is 5.71. The van der Waals surface area contributed by atoms with E-state index >= 15 is 0 Å². The van der Waals surface area contributed by atoms with Gasteiger partial charge in [-0.3, -0.25) is 4.72 Å². The quantitative estimate of drug-likeness (QED) is 0.552. The topological polar surface area (TPSA) is 77.5 Å². The molecule has 0 aliphatic carbocycles. The molecule has 19 heavy (non-hydrogen) atoms. The van der Waals surface area contributed by atoms with Crippen molar-refractivity contribution < 1.29 is 17.9 Å². The summed E-state index contributed by atoms with van der Waals surface area (Å²) in [6, 6.07) is 3.18. The highest BCUT2D eigenvalue weighted by atomic mass is 35.5. The Hall–Kier alpha value is -1.05. The SMILES string of the molecule is COCCOc1ccc(NS(=O)(=O)CCCCl)cn1. The normalized spacial score (nSPS) is 11.3. The molecular weight excluding hydrogens is 292 g/mol. The smallest absolute Gasteiger partial charge is 0.232 e. The second-order valence-electron chi connectivity index (χ2n) is 3.69. The Bertz CT molecular complexity index is 464. The fourth-order valence-corrected chi connectivity index (χ4v) is 2.63. The third-order valence-corrected chi connectivity index (χ3v) is 3.73. The van der Waals surface area contributed by atoms with Gasteiger partial charge in [-0.15, -0.1) is 11.6 Å². The van der Waals surface area contributed by atoms with E-state index in [-0.39, 0.29) is 5.75 Å². The minimum Gasteiger partial charge on any atom is -0.475 e. The number of rotatable bonds is 9. The van der Waals surface area contributed by atoms with Gasteiger partial charge in [0.05, 0.1) is 24.2 Å². The maximum absolute atomic E-state index is 11.6. The lowest BCUT2D eigenvalue weighted by atomic mass is 10.4. The molecule has 1 aromatic heterocycles. The average Bonchev–Trinajstić information content (AvgIpc) is 2.38. The van der Waals surface area contributed by atoms with Crippen LogP contribution >= 0.6 is 11.6 Å². The summed E-state index contributed by atoms with van der Waals surface area (Å²) >= 11 is 5.46. The summed E-state index contributed by atoms with van der Waals surface area (Å²) in [5, 5.41) is 0. The maximum atomic E-state index is 11.6. The second kappa shape index (κ2) is 8.19. The van der Waals surface area contributed by atoms with E-state index < -0.39 is 10.0 Å². The zero-order valence-electron chi connectivity index (χ0n) is 10.6. The number of anilines is 1. The van der Waals surface area contributed by atoms with Crippen LogP contribution in [0.15, 0.2) is 18.3 Å². The molecule has 0 aliphatic heterocycles. The molecule has 1 rings (SSSR count). The van der Waals surface area contributed by atoms with E-state index in [0.717, 1.165) is 0 Å². The third kappa shape index (κ3) is 6.60. The Morgan fingerprint density at radius 1 is 1.37 bits per heavy atom. The highest BCUT2D eigenvalue weighted by Crippen LogP contribution is 2.13. The average molecular weight is 309 g/mol. The molecule has 0 unspecified atom stereocenters. The van der Waals surface area contributed by atoms with Gasteiger partial charge >= 0.3 is 0 Å². The number of sulfonamides is 1. The Kier molecular flexibility index (Phi) is 6.90. The van der Waals surface area contributed by atoms with Crippen LogP contribution in [0.3, 0.4) is 0 Å². The molecular formula is C11H17ClN2O4S. The molecule has 0 radical (unpaired) electrons. The molecule has 1 aromatic rings. The van der Waals surface area contributed by atoms with Gasteiger partial charge in [0.15, 0.2) is 0 Å². The number of nitrogens with one attached hydrogen (secondary N) is 1. The molecule has 0 saturated heterocycles. The van der Waals surface area contributed by atoms with Crippen molar-refractivity contribution >= 4 is 27.3 Å². The molecule has 0 aliphatic rings. The van der Waals surface area contributed by atoms with E-state index in [9.17, 15) is 8.42 Å². The number of hydrogen-bond acceptors (Lipinski definition) is 5. The van der Waals surface area contributed by atoms with Gasteiger partial charge in [-0.2, -0.15) is 0 Å². The molecule has 1 N–H and O–H groups in total.